The molecule has 120 valence electrons. The molecule has 1 fully saturated rings. The highest BCUT2D eigenvalue weighted by molar-refractivity contribution is 5.83. The molecule has 0 aromatic heterocycles. The van der Waals surface area contributed by atoms with Gasteiger partial charge in [-0.05, 0) is 26.2 Å². The zero-order valence-electron chi connectivity index (χ0n) is 12.9. The van der Waals surface area contributed by atoms with E-state index in [1.807, 2.05) is 13.8 Å². The maximum absolute atomic E-state index is 12.1. The number of carboxylic acids is 1. The third-order valence-corrected chi connectivity index (χ3v) is 4.11. The van der Waals surface area contributed by atoms with Crippen molar-refractivity contribution in [2.24, 2.45) is 5.92 Å². The molecule has 21 heavy (non-hydrogen) atoms. The minimum atomic E-state index is -1.02. The maximum atomic E-state index is 12.1. The summed E-state index contributed by atoms with van der Waals surface area (Å²) in [5.74, 6) is -1.13. The molecule has 2 amide bonds. The van der Waals surface area contributed by atoms with Gasteiger partial charge in [-0.3, -0.25) is 14.4 Å². The fraction of sp³-hybridized carbons (Fsp3) is 0.800. The Morgan fingerprint density at radius 2 is 1.90 bits per heavy atom. The third kappa shape index (κ3) is 5.73. The van der Waals surface area contributed by atoms with Crippen molar-refractivity contribution in [3.05, 3.63) is 0 Å². The number of hydrogen-bond donors (Lipinski definition) is 2. The summed E-state index contributed by atoms with van der Waals surface area (Å²) in [6.07, 6.45) is 4.90. The van der Waals surface area contributed by atoms with Gasteiger partial charge in [0.2, 0.25) is 11.8 Å². The van der Waals surface area contributed by atoms with Crippen molar-refractivity contribution in [1.29, 1.82) is 0 Å². The number of nitrogens with zero attached hydrogens (tertiary/aromatic N) is 1. The zero-order chi connectivity index (χ0) is 15.8. The molecule has 1 atom stereocenters. The SMILES string of the molecule is CCC(C)N(CC(=O)O)C(=O)CCNC(=O)C1CCCC1. The van der Waals surface area contributed by atoms with E-state index < -0.39 is 5.97 Å². The first-order valence-corrected chi connectivity index (χ1v) is 7.74. The Morgan fingerprint density at radius 1 is 1.29 bits per heavy atom. The molecule has 1 aliphatic rings. The van der Waals surface area contributed by atoms with Gasteiger partial charge >= 0.3 is 5.97 Å². The highest BCUT2D eigenvalue weighted by Crippen LogP contribution is 2.24. The lowest BCUT2D eigenvalue weighted by Gasteiger charge is -2.27. The van der Waals surface area contributed by atoms with Gasteiger partial charge in [0.1, 0.15) is 6.54 Å². The van der Waals surface area contributed by atoms with Crippen LogP contribution in [0, 0.1) is 5.92 Å². The van der Waals surface area contributed by atoms with Crippen molar-refractivity contribution in [3.8, 4) is 0 Å². The molecule has 0 aliphatic heterocycles. The van der Waals surface area contributed by atoms with Gasteiger partial charge in [-0.15, -0.1) is 0 Å². The van der Waals surface area contributed by atoms with Crippen molar-refractivity contribution in [3.63, 3.8) is 0 Å². The molecule has 0 aromatic rings. The monoisotopic (exact) mass is 298 g/mol. The van der Waals surface area contributed by atoms with Crippen LogP contribution in [0.25, 0.3) is 0 Å². The van der Waals surface area contributed by atoms with E-state index in [0.717, 1.165) is 25.7 Å². The van der Waals surface area contributed by atoms with E-state index in [1.54, 1.807) is 0 Å². The summed E-state index contributed by atoms with van der Waals surface area (Å²) in [4.78, 5) is 36.1. The Morgan fingerprint density at radius 3 is 2.43 bits per heavy atom. The predicted molar refractivity (Wildman–Crippen MR) is 78.7 cm³/mol. The summed E-state index contributed by atoms with van der Waals surface area (Å²) >= 11 is 0. The maximum Gasteiger partial charge on any atom is 0.323 e. The fourth-order valence-corrected chi connectivity index (χ4v) is 2.62. The van der Waals surface area contributed by atoms with Crippen molar-refractivity contribution in [2.75, 3.05) is 13.1 Å². The average Bonchev–Trinajstić information content (AvgIpc) is 2.97. The fourth-order valence-electron chi connectivity index (χ4n) is 2.62. The number of carboxylic acid groups (broad SMARTS) is 1. The molecule has 1 aliphatic carbocycles. The number of carbonyl (C=O) groups excluding carboxylic acids is 2. The van der Waals surface area contributed by atoms with E-state index in [0.29, 0.717) is 6.42 Å². The molecule has 2 N–H and O–H groups in total. The number of aliphatic carboxylic acids is 1. The third-order valence-electron chi connectivity index (χ3n) is 4.11. The topological polar surface area (TPSA) is 86.7 Å². The molecule has 6 nitrogen and oxygen atoms in total. The van der Waals surface area contributed by atoms with E-state index in [-0.39, 0.29) is 43.3 Å². The van der Waals surface area contributed by atoms with Crippen LogP contribution >= 0.6 is 0 Å². The van der Waals surface area contributed by atoms with E-state index in [4.69, 9.17) is 5.11 Å². The molecule has 0 radical (unpaired) electrons. The Bertz CT molecular complexity index is 378. The first-order valence-electron chi connectivity index (χ1n) is 7.74. The summed E-state index contributed by atoms with van der Waals surface area (Å²) in [6, 6.07) is -0.112. The molecular formula is C15H26N2O4. The smallest absolute Gasteiger partial charge is 0.323 e. The number of hydrogen-bond acceptors (Lipinski definition) is 3. The zero-order valence-corrected chi connectivity index (χ0v) is 12.9. The number of carbonyl (C=O) groups is 3. The molecule has 0 spiro atoms. The van der Waals surface area contributed by atoms with Gasteiger partial charge in [0.15, 0.2) is 0 Å². The van der Waals surface area contributed by atoms with E-state index in [1.165, 1.54) is 4.90 Å². The first-order chi connectivity index (χ1) is 9.95. The molecule has 1 rings (SSSR count). The van der Waals surface area contributed by atoms with E-state index in [2.05, 4.69) is 5.32 Å². The summed E-state index contributed by atoms with van der Waals surface area (Å²) < 4.78 is 0. The van der Waals surface area contributed by atoms with Gasteiger partial charge in [0.25, 0.3) is 0 Å². The highest BCUT2D eigenvalue weighted by Gasteiger charge is 2.24. The Labute approximate surface area is 125 Å². The van der Waals surface area contributed by atoms with Gasteiger partial charge in [-0.2, -0.15) is 0 Å². The molecule has 0 heterocycles. The van der Waals surface area contributed by atoms with Crippen LogP contribution in [-0.2, 0) is 14.4 Å². The highest BCUT2D eigenvalue weighted by atomic mass is 16.4. The van der Waals surface area contributed by atoms with Crippen LogP contribution < -0.4 is 5.32 Å². The molecule has 0 saturated heterocycles. The van der Waals surface area contributed by atoms with Crippen LogP contribution in [0.15, 0.2) is 0 Å². The molecule has 6 heteroatoms. The molecule has 0 aromatic carbocycles. The van der Waals surface area contributed by atoms with Crippen molar-refractivity contribution < 1.29 is 19.5 Å². The number of nitrogens with one attached hydrogen (secondary N) is 1. The second-order valence-corrected chi connectivity index (χ2v) is 5.70. The lowest BCUT2D eigenvalue weighted by atomic mass is 10.1. The van der Waals surface area contributed by atoms with E-state index >= 15 is 0 Å². The van der Waals surface area contributed by atoms with Crippen LogP contribution in [-0.4, -0.2) is 46.9 Å². The molecule has 0 bridgehead atoms. The van der Waals surface area contributed by atoms with Crippen molar-refractivity contribution in [1.82, 2.24) is 10.2 Å². The van der Waals surface area contributed by atoms with Crippen molar-refractivity contribution in [2.45, 2.75) is 58.4 Å². The molecule has 1 unspecified atom stereocenters. The normalized spacial score (nSPS) is 16.5. The second-order valence-electron chi connectivity index (χ2n) is 5.70. The standard InChI is InChI=1S/C15H26N2O4/c1-3-11(2)17(10-14(19)20)13(18)8-9-16-15(21)12-6-4-5-7-12/h11-12H,3-10H2,1-2H3,(H,16,21)(H,19,20). The van der Waals surface area contributed by atoms with Gasteiger partial charge in [0, 0.05) is 24.9 Å². The minimum Gasteiger partial charge on any atom is -0.480 e. The molecular weight excluding hydrogens is 272 g/mol. The first kappa shape index (κ1) is 17.5. The van der Waals surface area contributed by atoms with Gasteiger partial charge in [0.05, 0.1) is 0 Å². The van der Waals surface area contributed by atoms with Gasteiger partial charge in [-0.25, -0.2) is 0 Å². The number of rotatable bonds is 8. The van der Waals surface area contributed by atoms with Crippen LogP contribution in [0.2, 0.25) is 0 Å². The van der Waals surface area contributed by atoms with Crippen LogP contribution in [0.5, 0.6) is 0 Å². The summed E-state index contributed by atoms with van der Waals surface area (Å²) in [5, 5.41) is 11.7. The summed E-state index contributed by atoms with van der Waals surface area (Å²) in [6.45, 7) is 3.73. The molecule has 1 saturated carbocycles. The Kier molecular flexibility index (Phi) is 7.19. The Balaban J connectivity index is 2.38. The number of amides is 2. The van der Waals surface area contributed by atoms with Gasteiger partial charge < -0.3 is 15.3 Å². The predicted octanol–water partition coefficient (Wildman–Crippen LogP) is 1.39. The largest absolute Gasteiger partial charge is 0.480 e. The average molecular weight is 298 g/mol. The summed E-state index contributed by atoms with van der Waals surface area (Å²) in [7, 11) is 0. The quantitative estimate of drug-likeness (QED) is 0.709. The minimum absolute atomic E-state index is 0.0219. The van der Waals surface area contributed by atoms with Crippen molar-refractivity contribution >= 4 is 17.8 Å². The Hall–Kier alpha value is -1.59. The van der Waals surface area contributed by atoms with E-state index in [9.17, 15) is 14.4 Å². The summed E-state index contributed by atoms with van der Waals surface area (Å²) in [5.41, 5.74) is 0. The second kappa shape index (κ2) is 8.64. The van der Waals surface area contributed by atoms with Crippen LogP contribution in [0.1, 0.15) is 52.4 Å². The van der Waals surface area contributed by atoms with Crippen LogP contribution in [0.4, 0.5) is 0 Å². The lowest BCUT2D eigenvalue weighted by Crippen LogP contribution is -2.43. The van der Waals surface area contributed by atoms with Gasteiger partial charge in [-0.1, -0.05) is 19.8 Å². The lowest BCUT2D eigenvalue weighted by molar-refractivity contribution is -0.146. The van der Waals surface area contributed by atoms with Crippen LogP contribution in [0.3, 0.4) is 0 Å².